The number of hydrogen-bond acceptors (Lipinski definition) is 7. The summed E-state index contributed by atoms with van der Waals surface area (Å²) in [7, 11) is 4.26. The van der Waals surface area contributed by atoms with Gasteiger partial charge in [-0.15, -0.1) is 0 Å². The van der Waals surface area contributed by atoms with Gasteiger partial charge in [-0.1, -0.05) is 35.9 Å². The number of aliphatic hydroxyl groups excluding tert-OH is 1. The molecule has 4 rings (SSSR count). The number of likely N-dealkylation sites (tertiary alicyclic amines) is 1. The van der Waals surface area contributed by atoms with Crippen LogP contribution in [0.3, 0.4) is 0 Å². The van der Waals surface area contributed by atoms with Gasteiger partial charge in [0, 0.05) is 12.1 Å². The molecule has 1 aliphatic rings. The molecule has 0 spiro atoms. The Hall–Kier alpha value is -4.30. The molecule has 1 N–H and O–H groups in total. The molecule has 1 saturated heterocycles. The van der Waals surface area contributed by atoms with E-state index in [4.69, 9.17) is 25.8 Å². The van der Waals surface area contributed by atoms with Crippen LogP contribution in [0.25, 0.3) is 5.76 Å². The first-order valence-corrected chi connectivity index (χ1v) is 11.6. The molecule has 190 valence electrons. The largest absolute Gasteiger partial charge is 0.507 e. The van der Waals surface area contributed by atoms with Crippen molar-refractivity contribution in [2.24, 2.45) is 0 Å². The van der Waals surface area contributed by atoms with E-state index in [1.54, 1.807) is 54.6 Å². The molecule has 0 saturated carbocycles. The van der Waals surface area contributed by atoms with Gasteiger partial charge < -0.3 is 24.2 Å². The minimum absolute atomic E-state index is 0.0382. The summed E-state index contributed by atoms with van der Waals surface area (Å²) >= 11 is 6.35. The number of hydrogen-bond donors (Lipinski definition) is 1. The van der Waals surface area contributed by atoms with E-state index < -0.39 is 29.5 Å². The maximum absolute atomic E-state index is 13.3. The number of aliphatic hydroxyl groups is 1. The average molecular weight is 522 g/mol. The van der Waals surface area contributed by atoms with Crippen molar-refractivity contribution < 1.29 is 33.7 Å². The van der Waals surface area contributed by atoms with Gasteiger partial charge >= 0.3 is 5.97 Å². The molecular formula is C28H24ClNO7. The number of ketones is 1. The molecule has 3 aromatic rings. The molecule has 1 fully saturated rings. The second kappa shape index (κ2) is 10.8. The van der Waals surface area contributed by atoms with Gasteiger partial charge in [0.25, 0.3) is 11.7 Å². The Morgan fingerprint density at radius 2 is 1.62 bits per heavy atom. The number of halogens is 1. The molecule has 0 bridgehead atoms. The Labute approximate surface area is 218 Å². The van der Waals surface area contributed by atoms with Gasteiger partial charge in [0.2, 0.25) is 0 Å². The van der Waals surface area contributed by atoms with Crippen molar-refractivity contribution in [3.05, 3.63) is 99.6 Å². The first-order valence-electron chi connectivity index (χ1n) is 11.2. The van der Waals surface area contributed by atoms with E-state index >= 15 is 0 Å². The number of benzene rings is 3. The summed E-state index contributed by atoms with van der Waals surface area (Å²) in [5, 5.41) is 11.5. The lowest BCUT2D eigenvalue weighted by molar-refractivity contribution is -0.140. The number of ether oxygens (including phenoxy) is 3. The smallest absolute Gasteiger partial charge is 0.337 e. The molecule has 8 nitrogen and oxygen atoms in total. The van der Waals surface area contributed by atoms with Gasteiger partial charge in [-0.3, -0.25) is 9.59 Å². The second-order valence-electron chi connectivity index (χ2n) is 8.24. The molecular weight excluding hydrogens is 498 g/mol. The Morgan fingerprint density at radius 3 is 2.27 bits per heavy atom. The van der Waals surface area contributed by atoms with Gasteiger partial charge in [-0.25, -0.2) is 4.79 Å². The maximum Gasteiger partial charge on any atom is 0.337 e. The number of carbonyl (C=O) groups is 3. The van der Waals surface area contributed by atoms with Crippen LogP contribution < -0.4 is 9.47 Å². The van der Waals surface area contributed by atoms with Gasteiger partial charge in [-0.2, -0.15) is 0 Å². The SMILES string of the molecule is COC(=O)c1ccc(CN2C(=O)C(=O)/C(=C(/O)c3cc(OC)ccc3Cl)C2c2cccc(OC)c2)cc1. The normalized spacial score (nSPS) is 16.5. The van der Waals surface area contributed by atoms with Crippen molar-refractivity contribution in [2.45, 2.75) is 12.6 Å². The lowest BCUT2D eigenvalue weighted by atomic mass is 9.95. The Bertz CT molecular complexity index is 1400. The third-order valence-corrected chi connectivity index (χ3v) is 6.44. The molecule has 3 aromatic carbocycles. The van der Waals surface area contributed by atoms with E-state index in [1.165, 1.54) is 38.4 Å². The molecule has 1 aliphatic heterocycles. The highest BCUT2D eigenvalue weighted by Crippen LogP contribution is 2.42. The average Bonchev–Trinajstić information content (AvgIpc) is 3.17. The predicted octanol–water partition coefficient (Wildman–Crippen LogP) is 4.77. The fourth-order valence-corrected chi connectivity index (χ4v) is 4.43. The summed E-state index contributed by atoms with van der Waals surface area (Å²) in [6, 6.07) is 17.1. The summed E-state index contributed by atoms with van der Waals surface area (Å²) in [6.07, 6.45) is 0. The van der Waals surface area contributed by atoms with Gasteiger partial charge in [0.1, 0.15) is 17.3 Å². The number of Topliss-reactive ketones (excluding diaryl/α,β-unsaturated/α-hetero) is 1. The van der Waals surface area contributed by atoms with E-state index in [1.807, 2.05) is 0 Å². The Morgan fingerprint density at radius 1 is 0.946 bits per heavy atom. The first kappa shape index (κ1) is 25.8. The van der Waals surface area contributed by atoms with Gasteiger partial charge in [0.15, 0.2) is 0 Å². The third kappa shape index (κ3) is 5.01. The minimum Gasteiger partial charge on any atom is -0.507 e. The lowest BCUT2D eigenvalue weighted by Gasteiger charge is -2.26. The molecule has 0 aromatic heterocycles. The van der Waals surface area contributed by atoms with Crippen LogP contribution in [0.4, 0.5) is 0 Å². The van der Waals surface area contributed by atoms with Crippen molar-refractivity contribution >= 4 is 35.0 Å². The van der Waals surface area contributed by atoms with Crippen LogP contribution in [0.5, 0.6) is 11.5 Å². The van der Waals surface area contributed by atoms with Crippen LogP contribution >= 0.6 is 11.6 Å². The molecule has 0 aliphatic carbocycles. The van der Waals surface area contributed by atoms with E-state index in [9.17, 15) is 19.5 Å². The fourth-order valence-electron chi connectivity index (χ4n) is 4.22. The molecule has 37 heavy (non-hydrogen) atoms. The number of carbonyl (C=O) groups excluding carboxylic acids is 3. The van der Waals surface area contributed by atoms with Gasteiger partial charge in [-0.05, 0) is 53.6 Å². The lowest BCUT2D eigenvalue weighted by Crippen LogP contribution is -2.29. The fraction of sp³-hybridized carbons (Fsp3) is 0.179. The summed E-state index contributed by atoms with van der Waals surface area (Å²) in [4.78, 5) is 39.8. The van der Waals surface area contributed by atoms with Crippen molar-refractivity contribution in [1.82, 2.24) is 4.90 Å². The molecule has 1 atom stereocenters. The quantitative estimate of drug-likeness (QED) is 0.207. The summed E-state index contributed by atoms with van der Waals surface area (Å²) in [5.41, 5.74) is 1.63. The highest BCUT2D eigenvalue weighted by molar-refractivity contribution is 6.47. The number of amides is 1. The summed E-state index contributed by atoms with van der Waals surface area (Å²) in [6.45, 7) is 0.0382. The van der Waals surface area contributed by atoms with E-state index in [-0.39, 0.29) is 22.7 Å². The van der Waals surface area contributed by atoms with Crippen LogP contribution in [0.2, 0.25) is 5.02 Å². The van der Waals surface area contributed by atoms with Crippen LogP contribution in [0.15, 0.2) is 72.3 Å². The Kier molecular flexibility index (Phi) is 7.50. The van der Waals surface area contributed by atoms with Crippen LogP contribution in [-0.4, -0.2) is 49.0 Å². The zero-order valence-corrected chi connectivity index (χ0v) is 21.1. The minimum atomic E-state index is -0.933. The first-order chi connectivity index (χ1) is 17.8. The van der Waals surface area contributed by atoms with Crippen LogP contribution in [0, 0.1) is 0 Å². The maximum atomic E-state index is 13.3. The molecule has 1 amide bonds. The summed E-state index contributed by atoms with van der Waals surface area (Å²) in [5.74, 6) is -1.60. The van der Waals surface area contributed by atoms with E-state index in [0.29, 0.717) is 28.2 Å². The van der Waals surface area contributed by atoms with Crippen LogP contribution in [-0.2, 0) is 20.9 Å². The van der Waals surface area contributed by atoms with Crippen molar-refractivity contribution in [2.75, 3.05) is 21.3 Å². The number of nitrogens with zero attached hydrogens (tertiary/aromatic N) is 1. The van der Waals surface area contributed by atoms with E-state index in [2.05, 4.69) is 0 Å². The highest BCUT2D eigenvalue weighted by Gasteiger charge is 2.46. The standard InChI is InChI=1S/C28H24ClNO7/c1-35-19-6-4-5-18(13-19)24-23(25(31)21-14-20(36-2)11-12-22(21)29)26(32)27(33)30(24)15-16-7-9-17(10-8-16)28(34)37-3/h4-14,24,31H,15H2,1-3H3/b25-23+. The topological polar surface area (TPSA) is 102 Å². The Balaban J connectivity index is 1.85. The van der Waals surface area contributed by atoms with Crippen molar-refractivity contribution in [3.8, 4) is 11.5 Å². The number of rotatable bonds is 7. The molecule has 0 radical (unpaired) electrons. The molecule has 1 heterocycles. The van der Waals surface area contributed by atoms with Crippen LogP contribution in [0.1, 0.15) is 33.1 Å². The zero-order valence-electron chi connectivity index (χ0n) is 20.4. The zero-order chi connectivity index (χ0) is 26.7. The molecule has 1 unspecified atom stereocenters. The second-order valence-corrected chi connectivity index (χ2v) is 8.65. The van der Waals surface area contributed by atoms with Crippen molar-refractivity contribution in [1.29, 1.82) is 0 Å². The number of esters is 1. The number of methoxy groups -OCH3 is 3. The highest BCUT2D eigenvalue weighted by atomic mass is 35.5. The monoisotopic (exact) mass is 521 g/mol. The predicted molar refractivity (Wildman–Crippen MR) is 137 cm³/mol. The third-order valence-electron chi connectivity index (χ3n) is 6.11. The van der Waals surface area contributed by atoms with Gasteiger partial charge in [0.05, 0.1) is 43.5 Å². The molecule has 9 heteroatoms. The van der Waals surface area contributed by atoms with E-state index in [0.717, 1.165) is 0 Å². The summed E-state index contributed by atoms with van der Waals surface area (Å²) < 4.78 is 15.3. The van der Waals surface area contributed by atoms with Crippen molar-refractivity contribution in [3.63, 3.8) is 0 Å².